The van der Waals surface area contributed by atoms with Crippen LogP contribution in [0.4, 0.5) is 0 Å². The molecule has 23 heavy (non-hydrogen) atoms. The number of fused-ring (bicyclic) bond motifs is 1. The summed E-state index contributed by atoms with van der Waals surface area (Å²) >= 11 is 0. The van der Waals surface area contributed by atoms with Crippen molar-refractivity contribution in [2.75, 3.05) is 6.61 Å². The van der Waals surface area contributed by atoms with Crippen LogP contribution in [0.3, 0.4) is 0 Å². The van der Waals surface area contributed by atoms with Gasteiger partial charge in [-0.3, -0.25) is 13.9 Å². The summed E-state index contributed by atoms with van der Waals surface area (Å²) in [7, 11) is 0. The molecule has 7 nitrogen and oxygen atoms in total. The Morgan fingerprint density at radius 1 is 1.22 bits per heavy atom. The van der Waals surface area contributed by atoms with E-state index in [1.165, 1.54) is 17.4 Å². The van der Waals surface area contributed by atoms with Gasteiger partial charge in [-0.15, -0.1) is 0 Å². The highest BCUT2D eigenvalue weighted by atomic mass is 16.3. The maximum Gasteiger partial charge on any atom is 0.332 e. The molecule has 0 aromatic carbocycles. The number of nitrogens with one attached hydrogen (secondary N) is 1. The molecule has 0 saturated heterocycles. The van der Waals surface area contributed by atoms with E-state index in [4.69, 9.17) is 5.11 Å². The Morgan fingerprint density at radius 2 is 1.96 bits per heavy atom. The fourth-order valence-electron chi connectivity index (χ4n) is 3.43. The molecule has 2 heterocycles. The van der Waals surface area contributed by atoms with E-state index in [1.807, 2.05) is 6.92 Å². The van der Waals surface area contributed by atoms with Gasteiger partial charge in [0.05, 0.1) is 0 Å². The first-order chi connectivity index (χ1) is 11.2. The van der Waals surface area contributed by atoms with Crippen LogP contribution in [0.2, 0.25) is 0 Å². The number of aliphatic hydroxyl groups excluding tert-OH is 1. The third-order valence-corrected chi connectivity index (χ3v) is 4.61. The van der Waals surface area contributed by atoms with Gasteiger partial charge in [-0.1, -0.05) is 19.8 Å². The van der Waals surface area contributed by atoms with Crippen molar-refractivity contribution in [1.82, 2.24) is 19.1 Å². The van der Waals surface area contributed by atoms with Crippen LogP contribution in [-0.4, -0.2) is 30.8 Å². The Kier molecular flexibility index (Phi) is 4.66. The van der Waals surface area contributed by atoms with Gasteiger partial charge >= 0.3 is 5.69 Å². The molecule has 3 rings (SSSR count). The number of aliphatic hydroxyl groups is 1. The summed E-state index contributed by atoms with van der Waals surface area (Å²) in [6.45, 7) is 2.70. The van der Waals surface area contributed by atoms with Crippen LogP contribution < -0.4 is 11.2 Å². The fraction of sp³-hybridized carbons (Fsp3) is 0.688. The van der Waals surface area contributed by atoms with Gasteiger partial charge in [-0.2, -0.15) is 0 Å². The highest BCUT2D eigenvalue weighted by Crippen LogP contribution is 2.32. The molecular formula is C16H24N4O3. The first kappa shape index (κ1) is 16.0. The number of aromatic nitrogens is 4. The number of aryl methyl sites for hydroxylation is 1. The SMILES string of the molecule is CCCn1c(=O)n(CCCO)c(=O)c2[nH]c(C3CCCC3)nc21. The van der Waals surface area contributed by atoms with Crippen molar-refractivity contribution in [3.8, 4) is 0 Å². The van der Waals surface area contributed by atoms with Gasteiger partial charge in [0.25, 0.3) is 5.56 Å². The molecule has 0 radical (unpaired) electrons. The smallest absolute Gasteiger partial charge is 0.332 e. The zero-order valence-corrected chi connectivity index (χ0v) is 13.5. The number of nitrogens with zero attached hydrogens (tertiary/aromatic N) is 3. The molecule has 2 aromatic heterocycles. The van der Waals surface area contributed by atoms with E-state index in [1.54, 1.807) is 4.57 Å². The van der Waals surface area contributed by atoms with E-state index in [0.717, 1.165) is 25.1 Å². The highest BCUT2D eigenvalue weighted by Gasteiger charge is 2.23. The minimum atomic E-state index is -0.331. The fourth-order valence-corrected chi connectivity index (χ4v) is 3.43. The summed E-state index contributed by atoms with van der Waals surface area (Å²) in [5.74, 6) is 1.19. The van der Waals surface area contributed by atoms with Gasteiger partial charge < -0.3 is 10.1 Å². The number of hydrogen-bond donors (Lipinski definition) is 2. The normalized spacial score (nSPS) is 15.7. The molecule has 0 spiro atoms. The maximum absolute atomic E-state index is 12.6. The van der Waals surface area contributed by atoms with Crippen molar-refractivity contribution >= 4 is 11.2 Å². The number of imidazole rings is 1. The minimum absolute atomic E-state index is 0.0476. The number of aromatic amines is 1. The molecule has 0 amide bonds. The lowest BCUT2D eigenvalue weighted by atomic mass is 10.1. The average molecular weight is 320 g/mol. The van der Waals surface area contributed by atoms with Crippen molar-refractivity contribution in [3.63, 3.8) is 0 Å². The molecule has 1 fully saturated rings. The molecule has 2 N–H and O–H groups in total. The Labute approximate surface area is 134 Å². The predicted molar refractivity (Wildman–Crippen MR) is 87.8 cm³/mol. The molecule has 1 aliphatic rings. The van der Waals surface area contributed by atoms with Gasteiger partial charge in [-0.25, -0.2) is 9.78 Å². The third kappa shape index (κ3) is 2.85. The number of rotatable bonds is 6. The van der Waals surface area contributed by atoms with Gasteiger partial charge in [0.2, 0.25) is 0 Å². The van der Waals surface area contributed by atoms with Crippen molar-refractivity contribution in [2.45, 2.75) is 64.5 Å². The zero-order valence-electron chi connectivity index (χ0n) is 13.5. The quantitative estimate of drug-likeness (QED) is 0.840. The predicted octanol–water partition coefficient (Wildman–Crippen LogP) is 1.34. The molecule has 2 aromatic rings. The summed E-state index contributed by atoms with van der Waals surface area (Å²) < 4.78 is 2.80. The Morgan fingerprint density at radius 3 is 2.61 bits per heavy atom. The molecular weight excluding hydrogens is 296 g/mol. The molecule has 0 atom stereocenters. The van der Waals surface area contributed by atoms with Crippen LogP contribution in [0.1, 0.15) is 57.2 Å². The lowest BCUT2D eigenvalue weighted by Gasteiger charge is -2.09. The largest absolute Gasteiger partial charge is 0.396 e. The van der Waals surface area contributed by atoms with E-state index in [0.29, 0.717) is 30.0 Å². The molecule has 0 unspecified atom stereocenters. The number of H-pyrrole nitrogens is 1. The van der Waals surface area contributed by atoms with Crippen molar-refractivity contribution in [2.24, 2.45) is 0 Å². The summed E-state index contributed by atoms with van der Waals surface area (Å²) in [5.41, 5.74) is 0.228. The molecule has 1 aliphatic carbocycles. The standard InChI is InChI=1S/C16H24N4O3/c1-2-8-19-14-12(15(22)20(16(19)23)9-5-10-21)17-13(18-14)11-6-3-4-7-11/h11,21H,2-10H2,1H3,(H,17,18). The van der Waals surface area contributed by atoms with Gasteiger partial charge in [0.1, 0.15) is 11.3 Å². The summed E-state index contributed by atoms with van der Waals surface area (Å²) in [6, 6.07) is 0. The van der Waals surface area contributed by atoms with E-state index in [-0.39, 0.29) is 24.4 Å². The average Bonchev–Trinajstić information content (AvgIpc) is 3.20. The summed E-state index contributed by atoms with van der Waals surface area (Å²) in [6.07, 6.45) is 5.71. The van der Waals surface area contributed by atoms with Crippen molar-refractivity contribution < 1.29 is 5.11 Å². The topological polar surface area (TPSA) is 92.9 Å². The maximum atomic E-state index is 12.6. The van der Waals surface area contributed by atoms with Crippen LogP contribution >= 0.6 is 0 Å². The van der Waals surface area contributed by atoms with Crippen molar-refractivity contribution in [3.05, 3.63) is 26.7 Å². The van der Waals surface area contributed by atoms with E-state index < -0.39 is 0 Å². The highest BCUT2D eigenvalue weighted by molar-refractivity contribution is 5.70. The van der Waals surface area contributed by atoms with Crippen LogP contribution in [-0.2, 0) is 13.1 Å². The summed E-state index contributed by atoms with van der Waals surface area (Å²) in [5, 5.41) is 9.00. The van der Waals surface area contributed by atoms with E-state index in [2.05, 4.69) is 9.97 Å². The van der Waals surface area contributed by atoms with Gasteiger partial charge in [-0.05, 0) is 25.7 Å². The summed E-state index contributed by atoms with van der Waals surface area (Å²) in [4.78, 5) is 33.0. The molecule has 126 valence electrons. The molecule has 0 aliphatic heterocycles. The van der Waals surface area contributed by atoms with Crippen LogP contribution in [0.5, 0.6) is 0 Å². The second-order valence-electron chi connectivity index (χ2n) is 6.27. The Balaban J connectivity index is 2.18. The Hall–Kier alpha value is -1.89. The first-order valence-corrected chi connectivity index (χ1v) is 8.51. The van der Waals surface area contributed by atoms with E-state index in [9.17, 15) is 9.59 Å². The zero-order chi connectivity index (χ0) is 16.4. The first-order valence-electron chi connectivity index (χ1n) is 8.51. The van der Waals surface area contributed by atoms with Gasteiger partial charge in [0.15, 0.2) is 5.65 Å². The van der Waals surface area contributed by atoms with Crippen molar-refractivity contribution in [1.29, 1.82) is 0 Å². The van der Waals surface area contributed by atoms with Gasteiger partial charge in [0, 0.05) is 25.6 Å². The van der Waals surface area contributed by atoms with Crippen LogP contribution in [0.25, 0.3) is 11.2 Å². The Bertz CT molecular complexity index is 796. The van der Waals surface area contributed by atoms with Crippen LogP contribution in [0.15, 0.2) is 9.59 Å². The monoisotopic (exact) mass is 320 g/mol. The third-order valence-electron chi connectivity index (χ3n) is 4.61. The number of hydrogen-bond acceptors (Lipinski definition) is 4. The van der Waals surface area contributed by atoms with Crippen LogP contribution in [0, 0.1) is 0 Å². The second kappa shape index (κ2) is 6.70. The molecule has 7 heteroatoms. The minimum Gasteiger partial charge on any atom is -0.396 e. The molecule has 0 bridgehead atoms. The lowest BCUT2D eigenvalue weighted by Crippen LogP contribution is -2.40. The van der Waals surface area contributed by atoms with E-state index >= 15 is 0 Å². The second-order valence-corrected chi connectivity index (χ2v) is 6.27. The lowest BCUT2D eigenvalue weighted by molar-refractivity contribution is 0.277. The molecule has 1 saturated carbocycles.